The summed E-state index contributed by atoms with van der Waals surface area (Å²) < 4.78 is 1.08. The van der Waals surface area contributed by atoms with E-state index in [9.17, 15) is 5.11 Å². The maximum absolute atomic E-state index is 11.2. The highest BCUT2D eigenvalue weighted by Crippen LogP contribution is 2.39. The van der Waals surface area contributed by atoms with Gasteiger partial charge in [-0.2, -0.15) is 0 Å². The molecule has 1 N–H and O–H groups in total. The van der Waals surface area contributed by atoms with Crippen molar-refractivity contribution < 1.29 is 5.11 Å². The predicted octanol–water partition coefficient (Wildman–Crippen LogP) is 5.66. The smallest absolute Gasteiger partial charge is 0.0811 e. The Morgan fingerprint density at radius 1 is 1.00 bits per heavy atom. The molecule has 0 spiro atoms. The van der Waals surface area contributed by atoms with Gasteiger partial charge >= 0.3 is 0 Å². The Labute approximate surface area is 162 Å². The lowest BCUT2D eigenvalue weighted by Gasteiger charge is -2.46. The minimum Gasteiger partial charge on any atom is -0.388 e. The Bertz CT molecular complexity index is 961. The van der Waals surface area contributed by atoms with E-state index in [1.54, 1.807) is 0 Å². The van der Waals surface area contributed by atoms with Crippen molar-refractivity contribution in [2.24, 2.45) is 5.92 Å². The van der Waals surface area contributed by atoms with E-state index in [2.05, 4.69) is 69.4 Å². The summed E-state index contributed by atoms with van der Waals surface area (Å²) >= 11 is 3.61. The van der Waals surface area contributed by atoms with Gasteiger partial charge < -0.3 is 10.0 Å². The first-order valence-electron chi connectivity index (χ1n) is 9.72. The molecule has 134 valence electrons. The molecule has 0 amide bonds. The molecule has 3 aromatic rings. The van der Waals surface area contributed by atoms with Gasteiger partial charge in [0, 0.05) is 10.5 Å². The van der Waals surface area contributed by atoms with Crippen LogP contribution in [-0.2, 0) is 0 Å². The first-order valence-corrected chi connectivity index (χ1v) is 10.5. The molecule has 2 bridgehead atoms. The summed E-state index contributed by atoms with van der Waals surface area (Å²) in [4.78, 5) is 2.60. The number of halogens is 1. The molecule has 3 aromatic carbocycles. The molecular formula is C23H24BrNO. The van der Waals surface area contributed by atoms with Crippen LogP contribution in [0, 0.1) is 5.92 Å². The zero-order valence-electron chi connectivity index (χ0n) is 14.9. The Morgan fingerprint density at radius 3 is 2.58 bits per heavy atom. The van der Waals surface area contributed by atoms with E-state index < -0.39 is 6.10 Å². The zero-order chi connectivity index (χ0) is 17.7. The molecule has 3 aliphatic rings. The van der Waals surface area contributed by atoms with E-state index in [4.69, 9.17) is 0 Å². The number of hydrogen-bond donors (Lipinski definition) is 1. The van der Waals surface area contributed by atoms with Crippen molar-refractivity contribution in [3.8, 4) is 0 Å². The minimum absolute atomic E-state index is 0.410. The van der Waals surface area contributed by atoms with E-state index in [1.807, 2.05) is 0 Å². The number of nitrogens with zero attached hydrogens (tertiary/aromatic N) is 1. The van der Waals surface area contributed by atoms with Gasteiger partial charge in [-0.05, 0) is 90.0 Å². The lowest BCUT2D eigenvalue weighted by atomic mass is 9.80. The third-order valence-electron chi connectivity index (χ3n) is 6.48. The maximum atomic E-state index is 11.2. The molecule has 0 radical (unpaired) electrons. The van der Waals surface area contributed by atoms with Crippen molar-refractivity contribution in [1.82, 2.24) is 4.90 Å². The van der Waals surface area contributed by atoms with Crippen LogP contribution in [0.5, 0.6) is 0 Å². The van der Waals surface area contributed by atoms with Crippen molar-refractivity contribution in [2.75, 3.05) is 13.1 Å². The molecule has 0 aliphatic carbocycles. The number of fused-ring (bicyclic) bond motifs is 6. The third-order valence-corrected chi connectivity index (χ3v) is 6.97. The second kappa shape index (κ2) is 6.63. The summed E-state index contributed by atoms with van der Waals surface area (Å²) in [6.07, 6.45) is 4.39. The van der Waals surface area contributed by atoms with Gasteiger partial charge in [0.2, 0.25) is 0 Å². The third kappa shape index (κ3) is 2.87. The van der Waals surface area contributed by atoms with Gasteiger partial charge in [0.1, 0.15) is 0 Å². The average molecular weight is 410 g/mol. The Balaban J connectivity index is 1.56. The lowest BCUT2D eigenvalue weighted by molar-refractivity contribution is 0.0178. The van der Waals surface area contributed by atoms with E-state index in [0.29, 0.717) is 6.04 Å². The number of hydrogen-bond acceptors (Lipinski definition) is 2. The molecule has 3 saturated heterocycles. The second-order valence-electron chi connectivity index (χ2n) is 8.00. The summed E-state index contributed by atoms with van der Waals surface area (Å²) in [5.41, 5.74) is 1.08. The van der Waals surface area contributed by atoms with Crippen LogP contribution >= 0.6 is 15.9 Å². The van der Waals surface area contributed by atoms with Gasteiger partial charge in [-0.15, -0.1) is 0 Å². The maximum Gasteiger partial charge on any atom is 0.0811 e. The number of aliphatic hydroxyl groups is 1. The van der Waals surface area contributed by atoms with Crippen molar-refractivity contribution in [3.05, 3.63) is 58.6 Å². The van der Waals surface area contributed by atoms with Crippen LogP contribution in [0.3, 0.4) is 0 Å². The lowest BCUT2D eigenvalue weighted by Crippen LogP contribution is -2.49. The summed E-state index contributed by atoms with van der Waals surface area (Å²) in [7, 11) is 0. The second-order valence-corrected chi connectivity index (χ2v) is 8.91. The van der Waals surface area contributed by atoms with E-state index in [1.165, 1.54) is 53.9 Å². The van der Waals surface area contributed by atoms with Crippen LogP contribution in [0.15, 0.2) is 53.0 Å². The first kappa shape index (κ1) is 16.7. The normalized spacial score (nSPS) is 26.5. The number of aliphatic hydroxyl groups excluding tert-OH is 1. The molecule has 0 aromatic heterocycles. The fourth-order valence-corrected chi connectivity index (χ4v) is 5.46. The molecule has 3 heteroatoms. The van der Waals surface area contributed by atoms with Gasteiger partial charge in [0.05, 0.1) is 6.10 Å². The monoisotopic (exact) mass is 409 g/mol. The Kier molecular flexibility index (Phi) is 4.27. The highest BCUT2D eigenvalue weighted by Gasteiger charge is 2.34. The zero-order valence-corrected chi connectivity index (χ0v) is 16.5. The van der Waals surface area contributed by atoms with Crippen LogP contribution < -0.4 is 0 Å². The van der Waals surface area contributed by atoms with E-state index in [-0.39, 0.29) is 0 Å². The summed E-state index contributed by atoms with van der Waals surface area (Å²) in [6.45, 7) is 2.43. The number of benzene rings is 3. The highest BCUT2D eigenvalue weighted by atomic mass is 79.9. The van der Waals surface area contributed by atoms with Gasteiger partial charge in [-0.3, -0.25) is 0 Å². The molecule has 3 heterocycles. The van der Waals surface area contributed by atoms with Crippen LogP contribution in [0.2, 0.25) is 0 Å². The molecule has 6 rings (SSSR count). The van der Waals surface area contributed by atoms with Crippen LogP contribution in [-0.4, -0.2) is 29.1 Å². The predicted molar refractivity (Wildman–Crippen MR) is 111 cm³/mol. The topological polar surface area (TPSA) is 23.5 Å². The van der Waals surface area contributed by atoms with E-state index in [0.717, 1.165) is 22.4 Å². The largest absolute Gasteiger partial charge is 0.388 e. The van der Waals surface area contributed by atoms with E-state index >= 15 is 0 Å². The molecule has 26 heavy (non-hydrogen) atoms. The number of piperidine rings is 3. The minimum atomic E-state index is -0.410. The first-order chi connectivity index (χ1) is 12.7. The quantitative estimate of drug-likeness (QED) is 0.563. The van der Waals surface area contributed by atoms with Crippen LogP contribution in [0.1, 0.15) is 37.4 Å². The van der Waals surface area contributed by atoms with Crippen molar-refractivity contribution >= 4 is 37.5 Å². The highest BCUT2D eigenvalue weighted by molar-refractivity contribution is 9.10. The fraction of sp³-hybridized carbons (Fsp3) is 0.391. The van der Waals surface area contributed by atoms with Gasteiger partial charge in [0.15, 0.2) is 0 Å². The molecule has 3 aliphatic heterocycles. The van der Waals surface area contributed by atoms with Gasteiger partial charge in [-0.25, -0.2) is 0 Å². The standard InChI is InChI=1S/C23H24BrNO/c24-17-5-6-20-21(13-17)19-4-2-1-3-16(19)12-22(20)23(26)14-18-11-15-7-9-25(18)10-8-15/h1-6,12-13,15,18,23,26H,7-11,14H2. The molecular weight excluding hydrogens is 386 g/mol. The molecule has 2 unspecified atom stereocenters. The summed E-state index contributed by atoms with van der Waals surface area (Å²) in [6, 6.07) is 17.6. The summed E-state index contributed by atoms with van der Waals surface area (Å²) in [5.74, 6) is 0.876. The SMILES string of the molecule is OC(CC1CC2CCN1CC2)c1cc2ccccc2c2cc(Br)ccc12. The molecule has 2 atom stereocenters. The van der Waals surface area contributed by atoms with Crippen LogP contribution in [0.25, 0.3) is 21.5 Å². The van der Waals surface area contributed by atoms with Crippen molar-refractivity contribution in [1.29, 1.82) is 0 Å². The Morgan fingerprint density at radius 2 is 1.81 bits per heavy atom. The number of rotatable bonds is 3. The summed E-state index contributed by atoms with van der Waals surface area (Å²) in [5, 5.41) is 16.0. The molecule has 3 fully saturated rings. The Hall–Kier alpha value is -1.42. The molecule has 0 saturated carbocycles. The fourth-order valence-electron chi connectivity index (χ4n) is 5.10. The van der Waals surface area contributed by atoms with Crippen molar-refractivity contribution in [2.45, 2.75) is 37.8 Å². The average Bonchev–Trinajstić information content (AvgIpc) is 2.68. The van der Waals surface area contributed by atoms with Crippen LogP contribution in [0.4, 0.5) is 0 Å². The molecule has 2 nitrogen and oxygen atoms in total. The van der Waals surface area contributed by atoms with Gasteiger partial charge in [0.25, 0.3) is 0 Å². The van der Waals surface area contributed by atoms with Gasteiger partial charge in [-0.1, -0.05) is 46.3 Å². The van der Waals surface area contributed by atoms with Crippen molar-refractivity contribution in [3.63, 3.8) is 0 Å².